The Morgan fingerprint density at radius 3 is 3.31 bits per heavy atom. The number of thioether (sulfide) groups is 1. The molecule has 0 aromatic carbocycles. The molecular formula is C9H10INOS. The van der Waals surface area contributed by atoms with E-state index in [-0.39, 0.29) is 5.91 Å². The molecule has 1 atom stereocenters. The zero-order chi connectivity index (χ0) is 9.26. The lowest BCUT2D eigenvalue weighted by Crippen LogP contribution is -2.48. The largest absolute Gasteiger partial charge is 0.306 e. The zero-order valence-electron chi connectivity index (χ0n) is 7.07. The molecule has 0 unspecified atom stereocenters. The zero-order valence-corrected chi connectivity index (χ0v) is 10.0. The van der Waals surface area contributed by atoms with Gasteiger partial charge in [0.2, 0.25) is 5.91 Å². The summed E-state index contributed by atoms with van der Waals surface area (Å²) in [6, 6.07) is 0. The molecule has 2 aliphatic heterocycles. The van der Waals surface area contributed by atoms with Crippen molar-refractivity contribution in [3.63, 3.8) is 0 Å². The molecule has 4 heteroatoms. The fraction of sp³-hybridized carbons (Fsp3) is 0.444. The maximum absolute atomic E-state index is 11.1. The van der Waals surface area contributed by atoms with Crippen molar-refractivity contribution in [2.45, 2.75) is 11.8 Å². The summed E-state index contributed by atoms with van der Waals surface area (Å²) in [6.07, 6.45) is 6.96. The van der Waals surface area contributed by atoms with Gasteiger partial charge >= 0.3 is 0 Å². The minimum Gasteiger partial charge on any atom is -0.306 e. The first-order valence-electron chi connectivity index (χ1n) is 4.17. The molecule has 2 aliphatic rings. The number of amides is 1. The number of β-lactam (4-membered cyclic amide) rings is 1. The molecule has 2 heterocycles. The van der Waals surface area contributed by atoms with Gasteiger partial charge in [-0.2, -0.15) is 0 Å². The van der Waals surface area contributed by atoms with Crippen LogP contribution in [0.1, 0.15) is 6.42 Å². The Morgan fingerprint density at radius 1 is 1.77 bits per heavy atom. The minimum atomic E-state index is 0.262. The molecule has 70 valence electrons. The van der Waals surface area contributed by atoms with Gasteiger partial charge in [0.15, 0.2) is 0 Å². The van der Waals surface area contributed by atoms with Gasteiger partial charge < -0.3 is 4.90 Å². The quantitative estimate of drug-likeness (QED) is 0.443. The molecule has 0 bridgehead atoms. The van der Waals surface area contributed by atoms with Crippen molar-refractivity contribution in [1.29, 1.82) is 0 Å². The van der Waals surface area contributed by atoms with E-state index in [1.807, 2.05) is 22.9 Å². The van der Waals surface area contributed by atoms with Gasteiger partial charge in [0, 0.05) is 16.4 Å². The molecule has 2 nitrogen and oxygen atoms in total. The fourth-order valence-corrected chi connectivity index (χ4v) is 2.80. The van der Waals surface area contributed by atoms with Gasteiger partial charge in [0.25, 0.3) is 0 Å². The number of nitrogens with zero attached hydrogens (tertiary/aromatic N) is 1. The van der Waals surface area contributed by atoms with Crippen LogP contribution in [0.5, 0.6) is 0 Å². The summed E-state index contributed by atoms with van der Waals surface area (Å²) < 4.78 is 1.02. The normalized spacial score (nSPS) is 27.2. The molecule has 0 spiro atoms. The highest BCUT2D eigenvalue weighted by molar-refractivity contribution is 14.1. The van der Waals surface area contributed by atoms with Crippen molar-refractivity contribution in [3.05, 3.63) is 23.9 Å². The van der Waals surface area contributed by atoms with Crippen molar-refractivity contribution < 1.29 is 4.79 Å². The highest BCUT2D eigenvalue weighted by atomic mass is 127. The molecule has 13 heavy (non-hydrogen) atoms. The standard InChI is InChI=1S/C9H10INOS/c10-3-1-2-7-5-11-8(12)4-9(11)13-6-7/h1-2,5,9H,3-4,6H2/t9-/m0/s1. The van der Waals surface area contributed by atoms with Crippen molar-refractivity contribution in [2.75, 3.05) is 10.2 Å². The van der Waals surface area contributed by atoms with Gasteiger partial charge in [-0.15, -0.1) is 11.8 Å². The summed E-state index contributed by atoms with van der Waals surface area (Å²) in [7, 11) is 0. The van der Waals surface area contributed by atoms with E-state index in [1.165, 1.54) is 5.57 Å². The Kier molecular flexibility index (Phi) is 2.98. The number of allylic oxidation sites excluding steroid dienone is 2. The molecule has 0 aliphatic carbocycles. The summed E-state index contributed by atoms with van der Waals surface area (Å²) in [5.74, 6) is 1.30. The number of hydrogen-bond donors (Lipinski definition) is 0. The van der Waals surface area contributed by atoms with Crippen LogP contribution in [0.3, 0.4) is 0 Å². The summed E-state index contributed by atoms with van der Waals surface area (Å²) in [6.45, 7) is 0. The van der Waals surface area contributed by atoms with Gasteiger partial charge in [0.1, 0.15) is 0 Å². The Balaban J connectivity index is 2.05. The topological polar surface area (TPSA) is 20.3 Å². The van der Waals surface area contributed by atoms with Crippen LogP contribution in [0, 0.1) is 0 Å². The summed E-state index contributed by atoms with van der Waals surface area (Å²) in [5.41, 5.74) is 1.26. The second kappa shape index (κ2) is 4.04. The molecule has 1 saturated heterocycles. The van der Waals surface area contributed by atoms with Crippen molar-refractivity contribution in [1.82, 2.24) is 4.90 Å². The minimum absolute atomic E-state index is 0.262. The van der Waals surface area contributed by atoms with E-state index in [0.717, 1.165) is 16.6 Å². The maximum Gasteiger partial charge on any atom is 0.230 e. The van der Waals surface area contributed by atoms with E-state index in [9.17, 15) is 4.79 Å². The van der Waals surface area contributed by atoms with E-state index >= 15 is 0 Å². The number of hydrogen-bond acceptors (Lipinski definition) is 2. The Hall–Kier alpha value is 0.0300. The van der Waals surface area contributed by atoms with Gasteiger partial charge in [0.05, 0.1) is 11.8 Å². The van der Waals surface area contributed by atoms with Crippen LogP contribution in [0.2, 0.25) is 0 Å². The number of halogens is 1. The van der Waals surface area contributed by atoms with Crippen molar-refractivity contribution >= 4 is 40.3 Å². The first-order chi connectivity index (χ1) is 6.31. The molecule has 2 rings (SSSR count). The highest BCUT2D eigenvalue weighted by Gasteiger charge is 2.37. The van der Waals surface area contributed by atoms with Gasteiger partial charge in [-0.05, 0) is 5.57 Å². The summed E-state index contributed by atoms with van der Waals surface area (Å²) in [4.78, 5) is 13.0. The number of fused-ring (bicyclic) bond motifs is 1. The first kappa shape index (κ1) is 9.58. The van der Waals surface area contributed by atoms with Crippen LogP contribution in [-0.4, -0.2) is 26.4 Å². The molecular weight excluding hydrogens is 297 g/mol. The molecule has 0 aromatic heterocycles. The average Bonchev–Trinajstić information content (AvgIpc) is 2.14. The maximum atomic E-state index is 11.1. The third-order valence-corrected chi connectivity index (χ3v) is 3.90. The molecule has 0 aromatic rings. The Labute approximate surface area is 95.6 Å². The molecule has 1 amide bonds. The SMILES string of the molecule is O=C1C[C@@H]2SCC(C=CCI)=CN12. The number of alkyl halides is 1. The summed E-state index contributed by atoms with van der Waals surface area (Å²) in [5, 5.41) is 0.434. The van der Waals surface area contributed by atoms with Crippen LogP contribution >= 0.6 is 34.4 Å². The van der Waals surface area contributed by atoms with Gasteiger partial charge in [-0.25, -0.2) is 0 Å². The third kappa shape index (κ3) is 1.93. The predicted octanol–water partition coefficient (Wildman–Crippen LogP) is 2.17. The van der Waals surface area contributed by atoms with E-state index in [2.05, 4.69) is 34.7 Å². The molecule has 1 fully saturated rings. The van der Waals surface area contributed by atoms with Crippen LogP contribution < -0.4 is 0 Å². The molecule has 0 radical (unpaired) electrons. The van der Waals surface area contributed by atoms with Crippen LogP contribution in [0.25, 0.3) is 0 Å². The van der Waals surface area contributed by atoms with E-state index < -0.39 is 0 Å². The van der Waals surface area contributed by atoms with E-state index in [4.69, 9.17) is 0 Å². The van der Waals surface area contributed by atoms with E-state index in [1.54, 1.807) is 0 Å². The fourth-order valence-electron chi connectivity index (χ4n) is 1.39. The van der Waals surface area contributed by atoms with Crippen LogP contribution in [0.4, 0.5) is 0 Å². The summed E-state index contributed by atoms with van der Waals surface area (Å²) >= 11 is 4.17. The number of carbonyl (C=O) groups excluding carboxylic acids is 1. The average molecular weight is 307 g/mol. The van der Waals surface area contributed by atoms with Crippen LogP contribution in [0.15, 0.2) is 23.9 Å². The highest BCUT2D eigenvalue weighted by Crippen LogP contribution is 2.35. The lowest BCUT2D eigenvalue weighted by Gasteiger charge is -2.40. The Bertz CT molecular complexity index is 287. The van der Waals surface area contributed by atoms with Crippen molar-refractivity contribution in [3.8, 4) is 0 Å². The Morgan fingerprint density at radius 2 is 2.62 bits per heavy atom. The second-order valence-corrected chi connectivity index (χ2v) is 5.08. The van der Waals surface area contributed by atoms with Gasteiger partial charge in [-0.1, -0.05) is 34.7 Å². The van der Waals surface area contributed by atoms with Crippen LogP contribution in [-0.2, 0) is 4.79 Å². The molecule has 0 saturated carbocycles. The second-order valence-electron chi connectivity index (χ2n) is 3.03. The number of rotatable bonds is 2. The van der Waals surface area contributed by atoms with Gasteiger partial charge in [-0.3, -0.25) is 4.79 Å². The molecule has 0 N–H and O–H groups in total. The first-order valence-corrected chi connectivity index (χ1v) is 6.74. The lowest BCUT2D eigenvalue weighted by molar-refractivity contribution is -0.137. The number of carbonyl (C=O) groups is 1. The predicted molar refractivity (Wildman–Crippen MR) is 63.8 cm³/mol. The lowest BCUT2D eigenvalue weighted by atomic mass is 10.2. The van der Waals surface area contributed by atoms with E-state index in [0.29, 0.717) is 5.37 Å². The smallest absolute Gasteiger partial charge is 0.230 e. The monoisotopic (exact) mass is 307 g/mol. The third-order valence-electron chi connectivity index (χ3n) is 2.12. The van der Waals surface area contributed by atoms with Crippen molar-refractivity contribution in [2.24, 2.45) is 0 Å².